The van der Waals surface area contributed by atoms with Crippen LogP contribution < -0.4 is 9.47 Å². The molecule has 1 aromatic rings. The Labute approximate surface area is 99.9 Å². The van der Waals surface area contributed by atoms with E-state index in [1.54, 1.807) is 14.1 Å². The number of carbonyl (C=O) groups excluding carboxylic acids is 1. The molecule has 17 heavy (non-hydrogen) atoms. The Hall–Kier alpha value is -1.91. The number of hydrogen-bond donors (Lipinski definition) is 0. The zero-order valence-corrected chi connectivity index (χ0v) is 9.88. The second kappa shape index (κ2) is 4.95. The molecule has 2 rings (SSSR count). The highest BCUT2D eigenvalue weighted by molar-refractivity contribution is 5.66. The smallest absolute Gasteiger partial charge is 0.409 e. The van der Waals surface area contributed by atoms with Gasteiger partial charge in [0.15, 0.2) is 17.6 Å². The Morgan fingerprint density at radius 1 is 1.41 bits per heavy atom. The monoisotopic (exact) mass is 237 g/mol. The summed E-state index contributed by atoms with van der Waals surface area (Å²) < 4.78 is 16.2. The van der Waals surface area contributed by atoms with Gasteiger partial charge in [-0.05, 0) is 12.1 Å². The van der Waals surface area contributed by atoms with Gasteiger partial charge in [0.2, 0.25) is 0 Å². The third kappa shape index (κ3) is 2.81. The standard InChI is InChI=1S/C12H15NO4/c1-13(2)12(14)16-8-9-7-15-10-5-3-4-6-11(10)17-9/h3-6,9H,7-8H2,1-2H3/t9-/m1/s1. The quantitative estimate of drug-likeness (QED) is 0.782. The van der Waals surface area contributed by atoms with E-state index >= 15 is 0 Å². The van der Waals surface area contributed by atoms with E-state index in [-0.39, 0.29) is 18.8 Å². The fraction of sp³-hybridized carbons (Fsp3) is 0.417. The Kier molecular flexibility index (Phi) is 3.37. The molecule has 1 heterocycles. The summed E-state index contributed by atoms with van der Waals surface area (Å²) in [6.07, 6.45) is -0.638. The maximum Gasteiger partial charge on any atom is 0.409 e. The van der Waals surface area contributed by atoms with E-state index in [1.807, 2.05) is 24.3 Å². The van der Waals surface area contributed by atoms with Gasteiger partial charge in [-0.1, -0.05) is 12.1 Å². The summed E-state index contributed by atoms with van der Waals surface area (Å²) in [4.78, 5) is 12.6. The van der Waals surface area contributed by atoms with Gasteiger partial charge < -0.3 is 19.1 Å². The summed E-state index contributed by atoms with van der Waals surface area (Å²) in [6, 6.07) is 7.43. The minimum atomic E-state index is -0.382. The number of fused-ring (bicyclic) bond motifs is 1. The van der Waals surface area contributed by atoms with Crippen LogP contribution in [0.2, 0.25) is 0 Å². The third-order valence-corrected chi connectivity index (χ3v) is 2.33. The van der Waals surface area contributed by atoms with Crippen molar-refractivity contribution in [1.82, 2.24) is 4.90 Å². The number of benzene rings is 1. The van der Waals surface area contributed by atoms with Gasteiger partial charge >= 0.3 is 6.09 Å². The molecular weight excluding hydrogens is 222 g/mol. The molecular formula is C12H15NO4. The zero-order valence-electron chi connectivity index (χ0n) is 9.88. The highest BCUT2D eigenvalue weighted by atomic mass is 16.6. The first-order chi connectivity index (χ1) is 8.16. The largest absolute Gasteiger partial charge is 0.486 e. The van der Waals surface area contributed by atoms with Crippen LogP contribution in [0.5, 0.6) is 11.5 Å². The number of carbonyl (C=O) groups is 1. The molecule has 1 aliphatic rings. The van der Waals surface area contributed by atoms with Crippen molar-refractivity contribution in [3.8, 4) is 11.5 Å². The molecule has 0 radical (unpaired) electrons. The fourth-order valence-electron chi connectivity index (χ4n) is 1.44. The molecule has 1 amide bonds. The van der Waals surface area contributed by atoms with Crippen LogP contribution in [0.1, 0.15) is 0 Å². The number of ether oxygens (including phenoxy) is 3. The normalized spacial score (nSPS) is 17.4. The van der Waals surface area contributed by atoms with Crippen molar-refractivity contribution < 1.29 is 19.0 Å². The van der Waals surface area contributed by atoms with Crippen molar-refractivity contribution in [3.05, 3.63) is 24.3 Å². The number of para-hydroxylation sites is 2. The lowest BCUT2D eigenvalue weighted by atomic mass is 10.3. The second-order valence-corrected chi connectivity index (χ2v) is 3.97. The molecule has 5 heteroatoms. The highest BCUT2D eigenvalue weighted by Crippen LogP contribution is 2.30. The van der Waals surface area contributed by atoms with E-state index in [2.05, 4.69) is 0 Å². The van der Waals surface area contributed by atoms with Crippen molar-refractivity contribution in [2.45, 2.75) is 6.10 Å². The van der Waals surface area contributed by atoms with Gasteiger partial charge in [0.05, 0.1) is 0 Å². The number of amides is 1. The Morgan fingerprint density at radius 3 is 2.82 bits per heavy atom. The molecule has 0 fully saturated rings. The summed E-state index contributed by atoms with van der Waals surface area (Å²) in [5, 5.41) is 0. The van der Waals surface area contributed by atoms with Crippen molar-refractivity contribution in [2.75, 3.05) is 27.3 Å². The van der Waals surface area contributed by atoms with E-state index in [4.69, 9.17) is 14.2 Å². The minimum Gasteiger partial charge on any atom is -0.486 e. The first-order valence-electron chi connectivity index (χ1n) is 5.39. The average molecular weight is 237 g/mol. The van der Waals surface area contributed by atoms with Gasteiger partial charge in [-0.3, -0.25) is 0 Å². The van der Waals surface area contributed by atoms with Gasteiger partial charge in [0.1, 0.15) is 13.2 Å². The molecule has 92 valence electrons. The van der Waals surface area contributed by atoms with Crippen LogP contribution in [-0.2, 0) is 4.74 Å². The average Bonchev–Trinajstić information content (AvgIpc) is 2.35. The third-order valence-electron chi connectivity index (χ3n) is 2.33. The van der Waals surface area contributed by atoms with Crippen LogP contribution in [-0.4, -0.2) is 44.4 Å². The van der Waals surface area contributed by atoms with E-state index in [0.29, 0.717) is 12.4 Å². The summed E-state index contributed by atoms with van der Waals surface area (Å²) in [6.45, 7) is 0.572. The molecule has 1 atom stereocenters. The maximum absolute atomic E-state index is 11.2. The molecule has 0 aliphatic carbocycles. The van der Waals surface area contributed by atoms with E-state index in [9.17, 15) is 4.79 Å². The van der Waals surface area contributed by atoms with Crippen LogP contribution in [0.3, 0.4) is 0 Å². The Morgan fingerprint density at radius 2 is 2.12 bits per heavy atom. The molecule has 0 spiro atoms. The summed E-state index contributed by atoms with van der Waals surface area (Å²) >= 11 is 0. The van der Waals surface area contributed by atoms with Crippen molar-refractivity contribution in [2.24, 2.45) is 0 Å². The van der Waals surface area contributed by atoms with E-state index < -0.39 is 0 Å². The Bertz CT molecular complexity index is 405. The van der Waals surface area contributed by atoms with Gasteiger partial charge in [-0.15, -0.1) is 0 Å². The molecule has 1 aliphatic heterocycles. The van der Waals surface area contributed by atoms with Crippen molar-refractivity contribution in [1.29, 1.82) is 0 Å². The summed E-state index contributed by atoms with van der Waals surface area (Å²) in [5.74, 6) is 1.41. The maximum atomic E-state index is 11.2. The highest BCUT2D eigenvalue weighted by Gasteiger charge is 2.22. The zero-order chi connectivity index (χ0) is 12.3. The molecule has 0 saturated heterocycles. The molecule has 0 N–H and O–H groups in total. The van der Waals surface area contributed by atoms with Crippen molar-refractivity contribution >= 4 is 6.09 Å². The van der Waals surface area contributed by atoms with Gasteiger partial charge in [-0.25, -0.2) is 4.79 Å². The first-order valence-corrected chi connectivity index (χ1v) is 5.39. The lowest BCUT2D eigenvalue weighted by Crippen LogP contribution is -2.36. The van der Waals surface area contributed by atoms with Crippen LogP contribution in [0, 0.1) is 0 Å². The SMILES string of the molecule is CN(C)C(=O)OC[C@H]1COc2ccccc2O1. The lowest BCUT2D eigenvalue weighted by Gasteiger charge is -2.26. The van der Waals surface area contributed by atoms with Gasteiger partial charge in [0, 0.05) is 14.1 Å². The number of rotatable bonds is 2. The van der Waals surface area contributed by atoms with E-state index in [1.165, 1.54) is 4.90 Å². The Balaban J connectivity index is 1.88. The fourth-order valence-corrected chi connectivity index (χ4v) is 1.44. The lowest BCUT2D eigenvalue weighted by molar-refractivity contribution is 0.0260. The molecule has 0 aromatic heterocycles. The van der Waals surface area contributed by atoms with Crippen LogP contribution in [0.15, 0.2) is 24.3 Å². The van der Waals surface area contributed by atoms with Gasteiger partial charge in [-0.2, -0.15) is 0 Å². The molecule has 1 aromatic carbocycles. The summed E-state index contributed by atoms with van der Waals surface area (Å²) in [5.41, 5.74) is 0. The van der Waals surface area contributed by atoms with E-state index in [0.717, 1.165) is 5.75 Å². The first kappa shape index (κ1) is 11.6. The predicted octanol–water partition coefficient (Wildman–Crippen LogP) is 1.52. The summed E-state index contributed by atoms with van der Waals surface area (Å²) in [7, 11) is 3.27. The second-order valence-electron chi connectivity index (χ2n) is 3.97. The van der Waals surface area contributed by atoms with Crippen molar-refractivity contribution in [3.63, 3.8) is 0 Å². The predicted molar refractivity (Wildman–Crippen MR) is 61.4 cm³/mol. The van der Waals surface area contributed by atoms with Crippen LogP contribution >= 0.6 is 0 Å². The van der Waals surface area contributed by atoms with Crippen LogP contribution in [0.4, 0.5) is 4.79 Å². The van der Waals surface area contributed by atoms with Crippen LogP contribution in [0.25, 0.3) is 0 Å². The topological polar surface area (TPSA) is 48.0 Å². The molecule has 0 unspecified atom stereocenters. The minimum absolute atomic E-state index is 0.186. The molecule has 0 saturated carbocycles. The number of hydrogen-bond acceptors (Lipinski definition) is 4. The van der Waals surface area contributed by atoms with Gasteiger partial charge in [0.25, 0.3) is 0 Å². The molecule has 0 bridgehead atoms. The number of nitrogens with zero attached hydrogens (tertiary/aromatic N) is 1. The molecule has 5 nitrogen and oxygen atoms in total.